The Kier molecular flexibility index (Phi) is 9.38. The summed E-state index contributed by atoms with van der Waals surface area (Å²) in [6.45, 7) is 1.03. The fourth-order valence-corrected chi connectivity index (χ4v) is 3.21. The standard InChI is InChI=1S/C21H28N4O.HI/c22-21(25-19-10-6-1-2-7-11-19)24-15-18-12-13-23-20(14-18)26-16-17-8-4-3-5-9-17;/h3-5,8-9,12-14,19H,1-2,6-7,10-11,15-16H2,(H3,22,24,25);1H. The van der Waals surface area contributed by atoms with Crippen LogP contribution in [-0.2, 0) is 13.2 Å². The van der Waals surface area contributed by atoms with Crippen molar-refractivity contribution < 1.29 is 4.74 Å². The number of rotatable bonds is 6. The molecule has 6 heteroatoms. The number of nitrogens with one attached hydrogen (secondary N) is 1. The quantitative estimate of drug-likeness (QED) is 0.278. The molecule has 0 aliphatic heterocycles. The number of nitrogens with zero attached hydrogens (tertiary/aromatic N) is 2. The Bertz CT molecular complexity index is 700. The molecule has 3 N–H and O–H groups in total. The largest absolute Gasteiger partial charge is 0.473 e. The van der Waals surface area contributed by atoms with Crippen LogP contribution in [0.1, 0.15) is 49.7 Å². The molecular weight excluding hydrogens is 451 g/mol. The van der Waals surface area contributed by atoms with Crippen LogP contribution in [0.5, 0.6) is 5.88 Å². The summed E-state index contributed by atoms with van der Waals surface area (Å²) in [6.07, 6.45) is 9.33. The number of ether oxygens (including phenoxy) is 1. The maximum absolute atomic E-state index is 6.07. The van der Waals surface area contributed by atoms with Gasteiger partial charge in [0.15, 0.2) is 5.96 Å². The molecule has 0 bridgehead atoms. The summed E-state index contributed by atoms with van der Waals surface area (Å²) < 4.78 is 5.77. The summed E-state index contributed by atoms with van der Waals surface area (Å²) in [5.41, 5.74) is 8.22. The molecule has 3 rings (SSSR count). The van der Waals surface area contributed by atoms with Gasteiger partial charge in [-0.3, -0.25) is 0 Å². The molecule has 1 aliphatic rings. The second kappa shape index (κ2) is 11.8. The van der Waals surface area contributed by atoms with Gasteiger partial charge in [0.05, 0.1) is 6.54 Å². The first-order valence-electron chi connectivity index (χ1n) is 9.48. The van der Waals surface area contributed by atoms with Gasteiger partial charge in [-0.1, -0.05) is 56.0 Å². The first kappa shape index (κ1) is 21.5. The normalized spacial score (nSPS) is 15.5. The number of aliphatic imine (C=N–C) groups is 1. The summed E-state index contributed by atoms with van der Waals surface area (Å²) in [7, 11) is 0. The van der Waals surface area contributed by atoms with Crippen LogP contribution >= 0.6 is 24.0 Å². The first-order chi connectivity index (χ1) is 12.8. The number of hydrogen-bond donors (Lipinski definition) is 2. The van der Waals surface area contributed by atoms with Gasteiger partial charge >= 0.3 is 0 Å². The molecule has 1 aromatic heterocycles. The molecule has 0 radical (unpaired) electrons. The highest BCUT2D eigenvalue weighted by atomic mass is 127. The summed E-state index contributed by atoms with van der Waals surface area (Å²) in [6, 6.07) is 14.4. The van der Waals surface area contributed by atoms with E-state index in [1.165, 1.54) is 38.5 Å². The lowest BCUT2D eigenvalue weighted by Crippen LogP contribution is -2.39. The van der Waals surface area contributed by atoms with E-state index in [0.29, 0.717) is 31.0 Å². The van der Waals surface area contributed by atoms with E-state index in [1.807, 2.05) is 42.5 Å². The number of benzene rings is 1. The van der Waals surface area contributed by atoms with E-state index in [-0.39, 0.29) is 24.0 Å². The van der Waals surface area contributed by atoms with Gasteiger partial charge < -0.3 is 15.8 Å². The van der Waals surface area contributed by atoms with Crippen LogP contribution in [0.2, 0.25) is 0 Å². The monoisotopic (exact) mass is 480 g/mol. The SMILES string of the molecule is I.NC(=NCc1ccnc(OCc2ccccc2)c1)NC1CCCCCC1. The minimum absolute atomic E-state index is 0. The van der Waals surface area contributed by atoms with E-state index >= 15 is 0 Å². The number of hydrogen-bond acceptors (Lipinski definition) is 3. The van der Waals surface area contributed by atoms with Crippen molar-refractivity contribution in [3.05, 3.63) is 59.8 Å². The molecule has 1 aliphatic carbocycles. The van der Waals surface area contributed by atoms with Crippen LogP contribution in [0.15, 0.2) is 53.7 Å². The number of aromatic nitrogens is 1. The highest BCUT2D eigenvalue weighted by molar-refractivity contribution is 14.0. The molecule has 0 saturated heterocycles. The van der Waals surface area contributed by atoms with Crippen LogP contribution in [0.3, 0.4) is 0 Å². The molecule has 1 saturated carbocycles. The minimum atomic E-state index is 0. The van der Waals surface area contributed by atoms with Crippen LogP contribution in [0.25, 0.3) is 0 Å². The number of pyridine rings is 1. The van der Waals surface area contributed by atoms with Crippen molar-refractivity contribution in [3.63, 3.8) is 0 Å². The van der Waals surface area contributed by atoms with Crippen molar-refractivity contribution in [1.29, 1.82) is 0 Å². The Labute approximate surface area is 178 Å². The van der Waals surface area contributed by atoms with Crippen molar-refractivity contribution >= 4 is 29.9 Å². The van der Waals surface area contributed by atoms with Crippen LogP contribution in [0.4, 0.5) is 0 Å². The van der Waals surface area contributed by atoms with E-state index in [2.05, 4.69) is 15.3 Å². The highest BCUT2D eigenvalue weighted by Crippen LogP contribution is 2.17. The Morgan fingerprint density at radius 1 is 1.07 bits per heavy atom. The third kappa shape index (κ3) is 7.74. The van der Waals surface area contributed by atoms with Crippen LogP contribution in [0, 0.1) is 0 Å². The number of nitrogens with two attached hydrogens (primary N) is 1. The molecule has 2 aromatic rings. The second-order valence-electron chi connectivity index (χ2n) is 6.81. The van der Waals surface area contributed by atoms with Crippen molar-refractivity contribution in [2.24, 2.45) is 10.7 Å². The van der Waals surface area contributed by atoms with Gasteiger partial charge in [0.25, 0.3) is 0 Å². The predicted octanol–water partition coefficient (Wildman–Crippen LogP) is 4.41. The fraction of sp³-hybridized carbons (Fsp3) is 0.429. The third-order valence-electron chi connectivity index (χ3n) is 4.67. The van der Waals surface area contributed by atoms with Gasteiger partial charge in [0.2, 0.25) is 5.88 Å². The van der Waals surface area contributed by atoms with Crippen molar-refractivity contribution in [1.82, 2.24) is 10.3 Å². The maximum Gasteiger partial charge on any atom is 0.213 e. The molecule has 27 heavy (non-hydrogen) atoms. The Hall–Kier alpha value is -1.83. The smallest absolute Gasteiger partial charge is 0.213 e. The highest BCUT2D eigenvalue weighted by Gasteiger charge is 2.12. The predicted molar refractivity (Wildman–Crippen MR) is 120 cm³/mol. The van der Waals surface area contributed by atoms with Crippen LogP contribution in [-0.4, -0.2) is 17.0 Å². The van der Waals surface area contributed by atoms with Gasteiger partial charge in [0, 0.05) is 18.3 Å². The summed E-state index contributed by atoms with van der Waals surface area (Å²) in [5, 5.41) is 3.37. The fourth-order valence-electron chi connectivity index (χ4n) is 3.21. The van der Waals surface area contributed by atoms with E-state index in [9.17, 15) is 0 Å². The Balaban J connectivity index is 0.00000261. The molecular formula is C21H29IN4O. The zero-order valence-electron chi connectivity index (χ0n) is 15.6. The zero-order chi connectivity index (χ0) is 18.0. The lowest BCUT2D eigenvalue weighted by molar-refractivity contribution is 0.293. The lowest BCUT2D eigenvalue weighted by Gasteiger charge is -2.16. The first-order valence-corrected chi connectivity index (χ1v) is 9.48. The summed E-state index contributed by atoms with van der Waals surface area (Å²) in [5.74, 6) is 1.14. The van der Waals surface area contributed by atoms with Crippen molar-refractivity contribution in [2.45, 2.75) is 57.7 Å². The topological polar surface area (TPSA) is 72.5 Å². The number of guanidine groups is 1. The van der Waals surface area contributed by atoms with Gasteiger partial charge in [-0.15, -0.1) is 24.0 Å². The zero-order valence-corrected chi connectivity index (χ0v) is 18.0. The molecule has 5 nitrogen and oxygen atoms in total. The average Bonchev–Trinajstić information content (AvgIpc) is 2.95. The molecule has 146 valence electrons. The van der Waals surface area contributed by atoms with Crippen LogP contribution < -0.4 is 15.8 Å². The minimum Gasteiger partial charge on any atom is -0.473 e. The van der Waals surface area contributed by atoms with E-state index in [0.717, 1.165) is 11.1 Å². The van der Waals surface area contributed by atoms with Gasteiger partial charge in [-0.25, -0.2) is 9.98 Å². The number of halogens is 1. The van der Waals surface area contributed by atoms with Crippen molar-refractivity contribution in [2.75, 3.05) is 0 Å². The van der Waals surface area contributed by atoms with E-state index in [4.69, 9.17) is 10.5 Å². The molecule has 1 heterocycles. The summed E-state index contributed by atoms with van der Waals surface area (Å²) >= 11 is 0. The van der Waals surface area contributed by atoms with E-state index in [1.54, 1.807) is 6.20 Å². The summed E-state index contributed by atoms with van der Waals surface area (Å²) in [4.78, 5) is 8.75. The molecule has 0 spiro atoms. The second-order valence-corrected chi connectivity index (χ2v) is 6.81. The molecule has 0 atom stereocenters. The molecule has 1 fully saturated rings. The van der Waals surface area contributed by atoms with E-state index < -0.39 is 0 Å². The average molecular weight is 480 g/mol. The van der Waals surface area contributed by atoms with Gasteiger partial charge in [-0.2, -0.15) is 0 Å². The van der Waals surface area contributed by atoms with Gasteiger partial charge in [-0.05, 0) is 30.0 Å². The lowest BCUT2D eigenvalue weighted by atomic mass is 10.1. The maximum atomic E-state index is 6.07. The molecule has 0 amide bonds. The Morgan fingerprint density at radius 2 is 1.81 bits per heavy atom. The molecule has 0 unspecified atom stereocenters. The third-order valence-corrected chi connectivity index (χ3v) is 4.67. The van der Waals surface area contributed by atoms with Gasteiger partial charge in [0.1, 0.15) is 6.61 Å². The van der Waals surface area contributed by atoms with Crippen molar-refractivity contribution in [3.8, 4) is 5.88 Å². The molecule has 1 aromatic carbocycles. The Morgan fingerprint density at radius 3 is 2.56 bits per heavy atom.